The highest BCUT2D eigenvalue weighted by atomic mass is 32.2. The molecule has 1 aromatic rings. The van der Waals surface area contributed by atoms with Gasteiger partial charge in [-0.15, -0.1) is 0 Å². The van der Waals surface area contributed by atoms with Gasteiger partial charge in [-0.3, -0.25) is 20.4 Å². The Kier molecular flexibility index (Phi) is 9.68. The lowest BCUT2D eigenvalue weighted by molar-refractivity contribution is -0.119. The number of benzene rings is 1. The van der Waals surface area contributed by atoms with E-state index in [1.165, 1.54) is 40.3 Å². The van der Waals surface area contributed by atoms with Gasteiger partial charge in [0, 0.05) is 18.7 Å². The number of carbonyl (C=O) groups excluding carboxylic acids is 2. The van der Waals surface area contributed by atoms with Crippen LogP contribution < -0.4 is 10.9 Å². The molecule has 2 amide bonds. The van der Waals surface area contributed by atoms with Crippen molar-refractivity contribution in [3.05, 3.63) is 29.8 Å². The van der Waals surface area contributed by atoms with Gasteiger partial charge in [0.25, 0.3) is 5.91 Å². The fraction of sp³-hybridized carbons (Fsp3) is 0.529. The Bertz CT molecular complexity index is 704. The third-order valence-corrected chi connectivity index (χ3v) is 6.72. The first-order valence-electron chi connectivity index (χ1n) is 8.63. The van der Waals surface area contributed by atoms with Crippen molar-refractivity contribution >= 4 is 33.6 Å². The maximum absolute atomic E-state index is 12.5. The van der Waals surface area contributed by atoms with E-state index in [9.17, 15) is 18.0 Å². The topological polar surface area (TPSA) is 95.6 Å². The van der Waals surface area contributed by atoms with Crippen molar-refractivity contribution in [2.24, 2.45) is 0 Å². The number of nitrogens with one attached hydrogen (secondary N) is 2. The molecule has 0 heterocycles. The quantitative estimate of drug-likeness (QED) is 0.462. The predicted octanol–water partition coefficient (Wildman–Crippen LogP) is 2.01. The van der Waals surface area contributed by atoms with E-state index in [1.807, 2.05) is 0 Å². The van der Waals surface area contributed by atoms with Gasteiger partial charge in [-0.2, -0.15) is 16.1 Å². The average Bonchev–Trinajstić information content (AvgIpc) is 2.64. The summed E-state index contributed by atoms with van der Waals surface area (Å²) in [6, 6.07) is 5.77. The zero-order chi connectivity index (χ0) is 19.6. The van der Waals surface area contributed by atoms with Gasteiger partial charge in [-0.25, -0.2) is 8.42 Å². The number of amides is 2. The van der Waals surface area contributed by atoms with Crippen molar-refractivity contribution in [3.63, 3.8) is 0 Å². The molecule has 0 saturated heterocycles. The number of hydrogen-bond acceptors (Lipinski definition) is 5. The molecule has 0 radical (unpaired) electrons. The summed E-state index contributed by atoms with van der Waals surface area (Å²) in [5.41, 5.74) is 4.82. The fourth-order valence-electron chi connectivity index (χ4n) is 2.16. The summed E-state index contributed by atoms with van der Waals surface area (Å²) in [5, 5.41) is 0. The van der Waals surface area contributed by atoms with Gasteiger partial charge in [-0.05, 0) is 30.4 Å². The molecular formula is C17H27N3O4S2. The normalized spacial score (nSPS) is 11.4. The van der Waals surface area contributed by atoms with Crippen molar-refractivity contribution < 1.29 is 18.0 Å². The highest BCUT2D eigenvalue weighted by Crippen LogP contribution is 2.16. The molecule has 0 aliphatic heterocycles. The Morgan fingerprint density at radius 3 is 2.42 bits per heavy atom. The lowest BCUT2D eigenvalue weighted by atomic mass is 10.2. The van der Waals surface area contributed by atoms with Crippen molar-refractivity contribution in [3.8, 4) is 0 Å². The minimum atomic E-state index is -3.64. The third-order valence-electron chi connectivity index (χ3n) is 3.63. The molecular weight excluding hydrogens is 374 g/mol. The minimum absolute atomic E-state index is 0.0512. The molecule has 0 aliphatic rings. The van der Waals surface area contributed by atoms with Crippen molar-refractivity contribution in [1.82, 2.24) is 15.2 Å². The molecule has 0 bridgehead atoms. The molecule has 1 aromatic carbocycles. The highest BCUT2D eigenvalue weighted by molar-refractivity contribution is 7.99. The van der Waals surface area contributed by atoms with Crippen LogP contribution in [0.1, 0.15) is 44.0 Å². The first-order valence-corrected chi connectivity index (χ1v) is 11.2. The first kappa shape index (κ1) is 22.5. The molecule has 0 saturated carbocycles. The fourth-order valence-corrected chi connectivity index (χ4v) is 4.56. The van der Waals surface area contributed by atoms with Crippen LogP contribution in [0.25, 0.3) is 0 Å². The first-order chi connectivity index (χ1) is 12.4. The highest BCUT2D eigenvalue weighted by Gasteiger charge is 2.22. The molecule has 0 spiro atoms. The molecule has 1 rings (SSSR count). The van der Waals surface area contributed by atoms with Gasteiger partial charge in [0.1, 0.15) is 0 Å². The van der Waals surface area contributed by atoms with Crippen LogP contribution in [0, 0.1) is 0 Å². The summed E-state index contributed by atoms with van der Waals surface area (Å²) < 4.78 is 26.4. The average molecular weight is 402 g/mol. The van der Waals surface area contributed by atoms with E-state index in [-0.39, 0.29) is 22.1 Å². The number of carbonyl (C=O) groups is 2. The smallest absolute Gasteiger partial charge is 0.269 e. The van der Waals surface area contributed by atoms with Crippen LogP contribution in [0.2, 0.25) is 0 Å². The van der Waals surface area contributed by atoms with Gasteiger partial charge in [0.15, 0.2) is 0 Å². The van der Waals surface area contributed by atoms with Crippen LogP contribution in [0.4, 0.5) is 0 Å². The Morgan fingerprint density at radius 1 is 1.12 bits per heavy atom. The second kappa shape index (κ2) is 11.2. The molecule has 0 atom stereocenters. The zero-order valence-corrected chi connectivity index (χ0v) is 17.1. The number of unbranched alkanes of at least 4 members (excludes halogenated alkanes) is 1. The molecule has 0 aliphatic carbocycles. The zero-order valence-electron chi connectivity index (χ0n) is 15.4. The van der Waals surface area contributed by atoms with Gasteiger partial charge >= 0.3 is 0 Å². The Balaban J connectivity index is 2.70. The lowest BCUT2D eigenvalue weighted by Crippen LogP contribution is -2.42. The van der Waals surface area contributed by atoms with Gasteiger partial charge in [0.2, 0.25) is 15.9 Å². The summed E-state index contributed by atoms with van der Waals surface area (Å²) in [6.07, 6.45) is 2.11. The van der Waals surface area contributed by atoms with Crippen LogP contribution in [0.15, 0.2) is 29.2 Å². The van der Waals surface area contributed by atoms with Crippen LogP contribution in [0.5, 0.6) is 0 Å². The molecule has 0 aromatic heterocycles. The number of hydrazine groups is 1. The molecule has 0 unspecified atom stereocenters. The van der Waals surface area contributed by atoms with E-state index in [2.05, 4.69) is 17.8 Å². The largest absolute Gasteiger partial charge is 0.272 e. The van der Waals surface area contributed by atoms with Crippen molar-refractivity contribution in [1.29, 1.82) is 0 Å². The SMILES string of the molecule is CCCCSCC(=O)NNC(=O)c1cccc(S(=O)(=O)N(CC)CC)c1. The van der Waals surface area contributed by atoms with Crippen LogP contribution in [0.3, 0.4) is 0 Å². The number of thioether (sulfide) groups is 1. The van der Waals surface area contributed by atoms with Gasteiger partial charge in [-0.1, -0.05) is 33.3 Å². The van der Waals surface area contributed by atoms with E-state index in [4.69, 9.17) is 0 Å². The lowest BCUT2D eigenvalue weighted by Gasteiger charge is -2.18. The van der Waals surface area contributed by atoms with E-state index < -0.39 is 15.9 Å². The maximum atomic E-state index is 12.5. The summed E-state index contributed by atoms with van der Waals surface area (Å²) in [4.78, 5) is 23.9. The number of sulfonamides is 1. The van der Waals surface area contributed by atoms with Crippen molar-refractivity contribution in [2.75, 3.05) is 24.6 Å². The third kappa shape index (κ3) is 6.62. The Hall–Kier alpha value is -1.58. The molecule has 7 nitrogen and oxygen atoms in total. The summed E-state index contributed by atoms with van der Waals surface area (Å²) in [5.74, 6) is 0.291. The van der Waals surface area contributed by atoms with Crippen LogP contribution in [-0.2, 0) is 14.8 Å². The molecule has 9 heteroatoms. The molecule has 0 fully saturated rings. The Morgan fingerprint density at radius 2 is 1.81 bits per heavy atom. The van der Waals surface area contributed by atoms with E-state index in [0.717, 1.165) is 18.6 Å². The number of hydrogen-bond donors (Lipinski definition) is 2. The second-order valence-electron chi connectivity index (χ2n) is 5.53. The standard InChI is InChI=1S/C17H27N3O4S2/c1-4-7-11-25-13-16(21)18-19-17(22)14-9-8-10-15(12-14)26(23,24)20(5-2)6-3/h8-10,12H,4-7,11,13H2,1-3H3,(H,18,21)(H,19,22). The van der Waals surface area contributed by atoms with E-state index >= 15 is 0 Å². The minimum Gasteiger partial charge on any atom is -0.272 e. The monoisotopic (exact) mass is 401 g/mol. The molecule has 2 N–H and O–H groups in total. The van der Waals surface area contributed by atoms with Gasteiger partial charge in [0.05, 0.1) is 10.6 Å². The predicted molar refractivity (Wildman–Crippen MR) is 104 cm³/mol. The maximum Gasteiger partial charge on any atom is 0.269 e. The second-order valence-corrected chi connectivity index (χ2v) is 8.57. The number of rotatable bonds is 10. The molecule has 146 valence electrons. The van der Waals surface area contributed by atoms with Crippen LogP contribution in [-0.4, -0.2) is 49.1 Å². The summed E-state index contributed by atoms with van der Waals surface area (Å²) in [6.45, 7) is 6.29. The summed E-state index contributed by atoms with van der Waals surface area (Å²) in [7, 11) is -3.64. The Labute approximate surface area is 159 Å². The van der Waals surface area contributed by atoms with E-state index in [1.54, 1.807) is 13.8 Å². The molecule has 26 heavy (non-hydrogen) atoms. The van der Waals surface area contributed by atoms with E-state index in [0.29, 0.717) is 13.1 Å². The van der Waals surface area contributed by atoms with Gasteiger partial charge < -0.3 is 0 Å². The van der Waals surface area contributed by atoms with Crippen LogP contribution >= 0.6 is 11.8 Å². The number of nitrogens with zero attached hydrogens (tertiary/aromatic N) is 1. The summed E-state index contributed by atoms with van der Waals surface area (Å²) >= 11 is 1.50. The van der Waals surface area contributed by atoms with Crippen molar-refractivity contribution in [2.45, 2.75) is 38.5 Å².